The number of hydrogen-bond donors (Lipinski definition) is 2. The highest BCUT2D eigenvalue weighted by atomic mass is 127. The van der Waals surface area contributed by atoms with Crippen LogP contribution in [-0.2, 0) is 12.8 Å². The van der Waals surface area contributed by atoms with Gasteiger partial charge in [0.25, 0.3) is 0 Å². The molecule has 18 heavy (non-hydrogen) atoms. The van der Waals surface area contributed by atoms with Gasteiger partial charge in [-0.25, -0.2) is 0 Å². The van der Waals surface area contributed by atoms with Crippen LogP contribution in [0, 0.1) is 5.92 Å². The molecule has 1 aliphatic carbocycles. The lowest BCUT2D eigenvalue weighted by molar-refractivity contribution is 0.509. The number of rotatable bonds is 3. The fourth-order valence-electron chi connectivity index (χ4n) is 2.53. The maximum atomic E-state index is 4.10. The molecule has 1 aromatic rings. The lowest BCUT2D eigenvalue weighted by atomic mass is 10.0. The summed E-state index contributed by atoms with van der Waals surface area (Å²) >= 11 is 0. The molecule has 0 radical (unpaired) electrons. The third-order valence-electron chi connectivity index (χ3n) is 3.44. The summed E-state index contributed by atoms with van der Waals surface area (Å²) in [6, 6.07) is 8.80. The Morgan fingerprint density at radius 3 is 2.39 bits per heavy atom. The van der Waals surface area contributed by atoms with Gasteiger partial charge in [0.1, 0.15) is 0 Å². The molecule has 0 amide bonds. The Morgan fingerprint density at radius 1 is 1.28 bits per heavy atom. The molecular formula is C14H22IN3. The summed E-state index contributed by atoms with van der Waals surface area (Å²) in [6.07, 6.45) is 3.67. The monoisotopic (exact) mass is 359 g/mol. The minimum atomic E-state index is 0. The van der Waals surface area contributed by atoms with E-state index in [1.807, 2.05) is 7.05 Å². The Bertz CT molecular complexity index is 379. The number of hydrogen-bond acceptors (Lipinski definition) is 1. The Balaban J connectivity index is 0.00000162. The van der Waals surface area contributed by atoms with Gasteiger partial charge in [0, 0.05) is 20.6 Å². The number of nitrogens with one attached hydrogen (secondary N) is 2. The molecule has 0 aliphatic heterocycles. The van der Waals surface area contributed by atoms with Crippen molar-refractivity contribution >= 4 is 29.9 Å². The Hall–Kier alpha value is -0.780. The molecule has 0 saturated carbocycles. The predicted octanol–water partition coefficient (Wildman–Crippen LogP) is 2.20. The van der Waals surface area contributed by atoms with E-state index in [4.69, 9.17) is 0 Å². The fraction of sp³-hybridized carbons (Fsp3) is 0.500. The summed E-state index contributed by atoms with van der Waals surface area (Å²) in [7, 11) is 3.69. The first-order valence-corrected chi connectivity index (χ1v) is 6.28. The van der Waals surface area contributed by atoms with Crippen LogP contribution in [0.25, 0.3) is 0 Å². The van der Waals surface area contributed by atoms with Crippen molar-refractivity contribution < 1.29 is 0 Å². The highest BCUT2D eigenvalue weighted by Crippen LogP contribution is 2.28. The lowest BCUT2D eigenvalue weighted by Gasteiger charge is -2.11. The first kappa shape index (κ1) is 15.3. The second kappa shape index (κ2) is 7.61. The third kappa shape index (κ3) is 3.86. The molecule has 1 aliphatic rings. The van der Waals surface area contributed by atoms with Crippen LogP contribution >= 0.6 is 24.0 Å². The van der Waals surface area contributed by atoms with Crippen LogP contribution in [0.4, 0.5) is 0 Å². The molecule has 0 heterocycles. The van der Waals surface area contributed by atoms with Crippen LogP contribution in [0.2, 0.25) is 0 Å². The van der Waals surface area contributed by atoms with Crippen molar-refractivity contribution in [3.05, 3.63) is 35.4 Å². The van der Waals surface area contributed by atoms with E-state index >= 15 is 0 Å². The van der Waals surface area contributed by atoms with E-state index in [0.717, 1.165) is 18.4 Å². The zero-order chi connectivity index (χ0) is 12.1. The van der Waals surface area contributed by atoms with Crippen molar-refractivity contribution in [2.45, 2.75) is 19.3 Å². The predicted molar refractivity (Wildman–Crippen MR) is 87.8 cm³/mol. The molecular weight excluding hydrogens is 337 g/mol. The summed E-state index contributed by atoms with van der Waals surface area (Å²) in [5, 5.41) is 6.34. The molecule has 0 aromatic heterocycles. The van der Waals surface area contributed by atoms with Crippen LogP contribution < -0.4 is 10.6 Å². The van der Waals surface area contributed by atoms with Gasteiger partial charge in [-0.2, -0.15) is 0 Å². The minimum Gasteiger partial charge on any atom is -0.359 e. The van der Waals surface area contributed by atoms with E-state index < -0.39 is 0 Å². The molecule has 1 aromatic carbocycles. The van der Waals surface area contributed by atoms with E-state index in [9.17, 15) is 0 Å². The van der Waals surface area contributed by atoms with Gasteiger partial charge in [-0.05, 0) is 36.3 Å². The van der Waals surface area contributed by atoms with Gasteiger partial charge in [0.05, 0.1) is 0 Å². The molecule has 0 atom stereocenters. The molecule has 100 valence electrons. The molecule has 0 fully saturated rings. The highest BCUT2D eigenvalue weighted by Gasteiger charge is 2.20. The standard InChI is InChI=1S/C14H21N3.HI/c1-15-14(16-2)17-8-7-11-9-12-5-3-4-6-13(12)10-11;/h3-6,11H,7-10H2,1-2H3,(H2,15,16,17);1H. The zero-order valence-electron chi connectivity index (χ0n) is 11.1. The van der Waals surface area contributed by atoms with E-state index in [2.05, 4.69) is 39.9 Å². The van der Waals surface area contributed by atoms with Gasteiger partial charge >= 0.3 is 0 Å². The normalized spacial score (nSPS) is 14.9. The Kier molecular flexibility index (Phi) is 6.46. The van der Waals surface area contributed by atoms with E-state index in [-0.39, 0.29) is 24.0 Å². The van der Waals surface area contributed by atoms with Gasteiger partial charge in [0.15, 0.2) is 5.96 Å². The largest absolute Gasteiger partial charge is 0.359 e. The van der Waals surface area contributed by atoms with E-state index in [1.54, 1.807) is 7.05 Å². The molecule has 0 spiro atoms. The highest BCUT2D eigenvalue weighted by molar-refractivity contribution is 14.0. The first-order chi connectivity index (χ1) is 8.33. The molecule has 0 saturated heterocycles. The van der Waals surface area contributed by atoms with Gasteiger partial charge in [-0.15, -0.1) is 24.0 Å². The van der Waals surface area contributed by atoms with Crippen LogP contribution in [0.1, 0.15) is 17.5 Å². The Morgan fingerprint density at radius 2 is 1.89 bits per heavy atom. The smallest absolute Gasteiger partial charge is 0.190 e. The van der Waals surface area contributed by atoms with Crippen molar-refractivity contribution in [1.82, 2.24) is 10.6 Å². The summed E-state index contributed by atoms with van der Waals surface area (Å²) in [5.74, 6) is 1.66. The van der Waals surface area contributed by atoms with Crippen molar-refractivity contribution in [3.63, 3.8) is 0 Å². The maximum Gasteiger partial charge on any atom is 0.190 e. The summed E-state index contributed by atoms with van der Waals surface area (Å²) in [4.78, 5) is 4.10. The first-order valence-electron chi connectivity index (χ1n) is 6.28. The van der Waals surface area contributed by atoms with Crippen molar-refractivity contribution in [2.75, 3.05) is 20.6 Å². The van der Waals surface area contributed by atoms with Gasteiger partial charge < -0.3 is 10.6 Å². The van der Waals surface area contributed by atoms with E-state index in [1.165, 1.54) is 30.4 Å². The van der Waals surface area contributed by atoms with Gasteiger partial charge in [-0.3, -0.25) is 4.99 Å². The quantitative estimate of drug-likeness (QED) is 0.493. The summed E-state index contributed by atoms with van der Waals surface area (Å²) in [6.45, 7) is 0.992. The fourth-order valence-corrected chi connectivity index (χ4v) is 2.53. The van der Waals surface area contributed by atoms with Crippen LogP contribution in [0.5, 0.6) is 0 Å². The minimum absolute atomic E-state index is 0. The number of benzene rings is 1. The maximum absolute atomic E-state index is 4.10. The van der Waals surface area contributed by atoms with Crippen molar-refractivity contribution in [2.24, 2.45) is 10.9 Å². The summed E-state index contributed by atoms with van der Waals surface area (Å²) in [5.41, 5.74) is 3.07. The number of nitrogens with zero attached hydrogens (tertiary/aromatic N) is 1. The van der Waals surface area contributed by atoms with Crippen LogP contribution in [0.3, 0.4) is 0 Å². The van der Waals surface area contributed by atoms with Gasteiger partial charge in [-0.1, -0.05) is 24.3 Å². The van der Waals surface area contributed by atoms with Gasteiger partial charge in [0.2, 0.25) is 0 Å². The van der Waals surface area contributed by atoms with Crippen molar-refractivity contribution in [3.8, 4) is 0 Å². The third-order valence-corrected chi connectivity index (χ3v) is 3.44. The molecule has 4 heteroatoms. The second-order valence-electron chi connectivity index (χ2n) is 4.58. The SMILES string of the molecule is CN=C(NC)NCCC1Cc2ccccc2C1.I. The number of fused-ring (bicyclic) bond motifs is 1. The molecule has 3 nitrogen and oxygen atoms in total. The molecule has 2 rings (SSSR count). The molecule has 0 unspecified atom stereocenters. The van der Waals surface area contributed by atoms with Crippen molar-refractivity contribution in [1.29, 1.82) is 0 Å². The Labute approximate surface area is 126 Å². The topological polar surface area (TPSA) is 36.4 Å². The summed E-state index contributed by atoms with van der Waals surface area (Å²) < 4.78 is 0. The number of guanidine groups is 1. The molecule has 0 bridgehead atoms. The number of halogens is 1. The molecule has 2 N–H and O–H groups in total. The average molecular weight is 359 g/mol. The van der Waals surface area contributed by atoms with E-state index in [0.29, 0.717) is 0 Å². The van der Waals surface area contributed by atoms with Crippen LogP contribution in [-0.4, -0.2) is 26.6 Å². The number of aliphatic imine (C=N–C) groups is 1. The second-order valence-corrected chi connectivity index (χ2v) is 4.58. The average Bonchev–Trinajstić information content (AvgIpc) is 2.77. The van der Waals surface area contributed by atoms with Crippen LogP contribution in [0.15, 0.2) is 29.3 Å². The lowest BCUT2D eigenvalue weighted by Crippen LogP contribution is -2.35. The zero-order valence-corrected chi connectivity index (χ0v) is 13.4.